The Morgan fingerprint density at radius 1 is 1.39 bits per heavy atom. The normalized spacial score (nSPS) is 12.6. The van der Waals surface area contributed by atoms with Gasteiger partial charge >= 0.3 is 0 Å². The van der Waals surface area contributed by atoms with Crippen molar-refractivity contribution in [2.45, 2.75) is 53.0 Å². The molecule has 1 aromatic heterocycles. The lowest BCUT2D eigenvalue weighted by atomic mass is 10.1. The van der Waals surface area contributed by atoms with E-state index in [0.29, 0.717) is 11.5 Å². The van der Waals surface area contributed by atoms with Crippen molar-refractivity contribution in [3.63, 3.8) is 0 Å². The van der Waals surface area contributed by atoms with E-state index in [2.05, 4.69) is 15.3 Å². The van der Waals surface area contributed by atoms with Crippen LogP contribution < -0.4 is 10.9 Å². The van der Waals surface area contributed by atoms with Crippen molar-refractivity contribution in [2.75, 3.05) is 0 Å². The second kappa shape index (κ2) is 5.80. The summed E-state index contributed by atoms with van der Waals surface area (Å²) in [5.41, 5.74) is 0.218. The van der Waals surface area contributed by atoms with Crippen LogP contribution in [-0.4, -0.2) is 21.9 Å². The standard InChI is InChI=1S/C13H21N3O2/c1-6-8(4)14-12(17)10-9(5)15-11(7(2)3)16-13(10)18/h7-8H,6H2,1-5H3,(H,14,17)(H,15,16,18). The summed E-state index contributed by atoms with van der Waals surface area (Å²) in [7, 11) is 0. The van der Waals surface area contributed by atoms with Gasteiger partial charge in [0.05, 0.1) is 5.69 Å². The predicted octanol–water partition coefficient (Wildman–Crippen LogP) is 1.73. The van der Waals surface area contributed by atoms with Crippen LogP contribution in [0.25, 0.3) is 0 Å². The van der Waals surface area contributed by atoms with Crippen molar-refractivity contribution >= 4 is 5.91 Å². The summed E-state index contributed by atoms with van der Waals surface area (Å²) in [6.07, 6.45) is 0.820. The van der Waals surface area contributed by atoms with Gasteiger partial charge in [0.1, 0.15) is 11.4 Å². The monoisotopic (exact) mass is 251 g/mol. The molecule has 0 fully saturated rings. The minimum absolute atomic E-state index is 0.0427. The summed E-state index contributed by atoms with van der Waals surface area (Å²) in [6, 6.07) is 0.0427. The van der Waals surface area contributed by atoms with Crippen LogP contribution in [0.1, 0.15) is 61.9 Å². The molecule has 5 heteroatoms. The summed E-state index contributed by atoms with van der Waals surface area (Å²) < 4.78 is 0. The number of amides is 1. The zero-order chi connectivity index (χ0) is 13.9. The van der Waals surface area contributed by atoms with Gasteiger partial charge in [-0.3, -0.25) is 9.59 Å². The molecule has 1 rings (SSSR count). The zero-order valence-corrected chi connectivity index (χ0v) is 11.6. The molecular formula is C13H21N3O2. The van der Waals surface area contributed by atoms with Crippen LogP contribution >= 0.6 is 0 Å². The fourth-order valence-electron chi connectivity index (χ4n) is 1.55. The number of hydrogen-bond donors (Lipinski definition) is 2. The van der Waals surface area contributed by atoms with E-state index in [9.17, 15) is 9.59 Å². The molecule has 0 saturated heterocycles. The fraction of sp³-hybridized carbons (Fsp3) is 0.615. The van der Waals surface area contributed by atoms with Crippen molar-refractivity contribution in [1.29, 1.82) is 0 Å². The molecule has 0 aliphatic rings. The summed E-state index contributed by atoms with van der Waals surface area (Å²) in [4.78, 5) is 30.8. The van der Waals surface area contributed by atoms with E-state index in [-0.39, 0.29) is 29.0 Å². The van der Waals surface area contributed by atoms with Crippen LogP contribution in [0, 0.1) is 6.92 Å². The summed E-state index contributed by atoms with van der Waals surface area (Å²) in [6.45, 7) is 9.44. The van der Waals surface area contributed by atoms with Crippen molar-refractivity contribution in [3.8, 4) is 0 Å². The molecule has 5 nitrogen and oxygen atoms in total. The summed E-state index contributed by atoms with van der Waals surface area (Å²) in [5, 5.41) is 2.78. The third kappa shape index (κ3) is 3.18. The summed E-state index contributed by atoms with van der Waals surface area (Å²) >= 11 is 0. The van der Waals surface area contributed by atoms with Gasteiger partial charge in [0, 0.05) is 12.0 Å². The van der Waals surface area contributed by atoms with Crippen molar-refractivity contribution in [1.82, 2.24) is 15.3 Å². The third-order valence-corrected chi connectivity index (χ3v) is 2.88. The lowest BCUT2D eigenvalue weighted by Crippen LogP contribution is -2.37. The average Bonchev–Trinajstić information content (AvgIpc) is 2.27. The van der Waals surface area contributed by atoms with Gasteiger partial charge in [-0.1, -0.05) is 20.8 Å². The van der Waals surface area contributed by atoms with Gasteiger partial charge in [0.2, 0.25) is 0 Å². The first-order chi connectivity index (χ1) is 8.36. The highest BCUT2D eigenvalue weighted by Gasteiger charge is 2.18. The highest BCUT2D eigenvalue weighted by molar-refractivity contribution is 5.94. The zero-order valence-electron chi connectivity index (χ0n) is 11.6. The van der Waals surface area contributed by atoms with E-state index in [0.717, 1.165) is 6.42 Å². The Kier molecular flexibility index (Phi) is 4.64. The van der Waals surface area contributed by atoms with Gasteiger partial charge in [-0.25, -0.2) is 4.98 Å². The molecule has 2 N–H and O–H groups in total. The highest BCUT2D eigenvalue weighted by Crippen LogP contribution is 2.08. The topological polar surface area (TPSA) is 74.8 Å². The molecule has 0 aromatic carbocycles. The van der Waals surface area contributed by atoms with Gasteiger partial charge in [0.25, 0.3) is 11.5 Å². The van der Waals surface area contributed by atoms with E-state index >= 15 is 0 Å². The van der Waals surface area contributed by atoms with Crippen LogP contribution in [0.15, 0.2) is 4.79 Å². The van der Waals surface area contributed by atoms with Gasteiger partial charge < -0.3 is 10.3 Å². The molecular weight excluding hydrogens is 230 g/mol. The van der Waals surface area contributed by atoms with E-state index in [1.807, 2.05) is 27.7 Å². The average molecular weight is 251 g/mol. The van der Waals surface area contributed by atoms with E-state index in [1.165, 1.54) is 0 Å². The largest absolute Gasteiger partial charge is 0.349 e. The maximum Gasteiger partial charge on any atom is 0.264 e. The van der Waals surface area contributed by atoms with Gasteiger partial charge in [-0.2, -0.15) is 0 Å². The molecule has 18 heavy (non-hydrogen) atoms. The predicted molar refractivity (Wildman–Crippen MR) is 70.9 cm³/mol. The van der Waals surface area contributed by atoms with Crippen LogP contribution in [0.2, 0.25) is 0 Å². The molecule has 1 unspecified atom stereocenters. The Hall–Kier alpha value is -1.65. The number of nitrogens with zero attached hydrogens (tertiary/aromatic N) is 1. The number of hydrogen-bond acceptors (Lipinski definition) is 3. The second-order valence-electron chi connectivity index (χ2n) is 4.85. The molecule has 0 bridgehead atoms. The molecule has 100 valence electrons. The minimum atomic E-state index is -0.369. The van der Waals surface area contributed by atoms with Gasteiger partial charge in [-0.05, 0) is 20.3 Å². The Morgan fingerprint density at radius 3 is 2.44 bits per heavy atom. The number of H-pyrrole nitrogens is 1. The maximum atomic E-state index is 12.0. The van der Waals surface area contributed by atoms with Crippen LogP contribution in [0.4, 0.5) is 0 Å². The number of aromatic nitrogens is 2. The number of aryl methyl sites for hydroxylation is 1. The Bertz CT molecular complexity index is 491. The lowest BCUT2D eigenvalue weighted by molar-refractivity contribution is 0.0936. The number of aromatic amines is 1. The maximum absolute atomic E-state index is 12.0. The van der Waals surface area contributed by atoms with Crippen LogP contribution in [0.3, 0.4) is 0 Å². The smallest absolute Gasteiger partial charge is 0.264 e. The molecule has 0 radical (unpaired) electrons. The quantitative estimate of drug-likeness (QED) is 0.855. The van der Waals surface area contributed by atoms with Crippen LogP contribution in [0.5, 0.6) is 0 Å². The molecule has 1 heterocycles. The van der Waals surface area contributed by atoms with Gasteiger partial charge in [-0.15, -0.1) is 0 Å². The van der Waals surface area contributed by atoms with Gasteiger partial charge in [0.15, 0.2) is 0 Å². The number of rotatable bonds is 4. The second-order valence-corrected chi connectivity index (χ2v) is 4.85. The summed E-state index contributed by atoms with van der Waals surface area (Å²) in [5.74, 6) is 0.381. The number of carbonyl (C=O) groups excluding carboxylic acids is 1. The van der Waals surface area contributed by atoms with E-state index in [1.54, 1.807) is 6.92 Å². The Labute approximate surface area is 107 Å². The Morgan fingerprint density at radius 2 is 2.00 bits per heavy atom. The lowest BCUT2D eigenvalue weighted by Gasteiger charge is -2.13. The number of carbonyl (C=O) groups is 1. The first-order valence-electron chi connectivity index (χ1n) is 6.28. The highest BCUT2D eigenvalue weighted by atomic mass is 16.2. The Balaban J connectivity index is 3.11. The minimum Gasteiger partial charge on any atom is -0.349 e. The molecule has 0 aliphatic carbocycles. The first-order valence-corrected chi connectivity index (χ1v) is 6.28. The SMILES string of the molecule is CCC(C)NC(=O)c1c(C)nc(C(C)C)[nH]c1=O. The van der Waals surface area contributed by atoms with Crippen molar-refractivity contribution in [2.24, 2.45) is 0 Å². The van der Waals surface area contributed by atoms with Crippen LogP contribution in [-0.2, 0) is 0 Å². The third-order valence-electron chi connectivity index (χ3n) is 2.88. The molecule has 0 spiro atoms. The molecule has 0 aliphatic heterocycles. The van der Waals surface area contributed by atoms with E-state index < -0.39 is 0 Å². The van der Waals surface area contributed by atoms with Crippen molar-refractivity contribution in [3.05, 3.63) is 27.4 Å². The fourth-order valence-corrected chi connectivity index (χ4v) is 1.55. The first kappa shape index (κ1) is 14.4. The molecule has 1 aromatic rings. The van der Waals surface area contributed by atoms with Crippen molar-refractivity contribution < 1.29 is 4.79 Å². The number of nitrogens with one attached hydrogen (secondary N) is 2. The molecule has 1 atom stereocenters. The molecule has 1 amide bonds. The molecule has 0 saturated carbocycles. The van der Waals surface area contributed by atoms with E-state index in [4.69, 9.17) is 0 Å².